The molecule has 6 nitrogen and oxygen atoms in total. The molecule has 1 fully saturated rings. The van der Waals surface area contributed by atoms with Crippen molar-refractivity contribution in [2.45, 2.75) is 29.9 Å². The fourth-order valence-corrected chi connectivity index (χ4v) is 6.02. The van der Waals surface area contributed by atoms with E-state index in [4.69, 9.17) is 4.42 Å². The summed E-state index contributed by atoms with van der Waals surface area (Å²) in [6, 6.07) is 3.39. The van der Waals surface area contributed by atoms with Crippen LogP contribution >= 0.6 is 27.3 Å². The van der Waals surface area contributed by atoms with Gasteiger partial charge in [0.2, 0.25) is 11.8 Å². The molecule has 1 aliphatic heterocycles. The van der Waals surface area contributed by atoms with Gasteiger partial charge in [-0.25, -0.2) is 8.42 Å². The van der Waals surface area contributed by atoms with Gasteiger partial charge in [0.1, 0.15) is 4.21 Å². The first-order chi connectivity index (χ1) is 9.96. The predicted molar refractivity (Wildman–Crippen MR) is 81.8 cm³/mol. The number of piperidine rings is 1. The Morgan fingerprint density at radius 1 is 1.33 bits per heavy atom. The number of aryl methyl sites for hydroxylation is 1. The van der Waals surface area contributed by atoms with E-state index >= 15 is 0 Å². The van der Waals surface area contributed by atoms with Gasteiger partial charge in [-0.15, -0.1) is 21.5 Å². The highest BCUT2D eigenvalue weighted by atomic mass is 79.9. The summed E-state index contributed by atoms with van der Waals surface area (Å²) in [5, 5.41) is 7.86. The van der Waals surface area contributed by atoms with Crippen LogP contribution in [0.4, 0.5) is 0 Å². The largest absolute Gasteiger partial charge is 0.425 e. The molecule has 0 spiro atoms. The van der Waals surface area contributed by atoms with E-state index in [1.54, 1.807) is 19.1 Å². The van der Waals surface area contributed by atoms with Crippen LogP contribution in [0.5, 0.6) is 0 Å². The zero-order chi connectivity index (χ0) is 15.0. The van der Waals surface area contributed by atoms with Crippen LogP contribution in [0.2, 0.25) is 0 Å². The summed E-state index contributed by atoms with van der Waals surface area (Å²) in [6.45, 7) is 2.71. The van der Waals surface area contributed by atoms with Gasteiger partial charge >= 0.3 is 0 Å². The Kier molecular flexibility index (Phi) is 4.17. The Balaban J connectivity index is 1.71. The van der Waals surface area contributed by atoms with Crippen molar-refractivity contribution in [2.75, 3.05) is 13.1 Å². The molecule has 2 aromatic rings. The number of aromatic nitrogens is 2. The first kappa shape index (κ1) is 15.1. The second kappa shape index (κ2) is 5.79. The second-order valence-corrected chi connectivity index (χ2v) is 9.52. The Morgan fingerprint density at radius 2 is 2.05 bits per heavy atom. The van der Waals surface area contributed by atoms with Crippen molar-refractivity contribution in [3.63, 3.8) is 0 Å². The highest BCUT2D eigenvalue weighted by Gasteiger charge is 2.32. The van der Waals surface area contributed by atoms with Crippen LogP contribution < -0.4 is 0 Å². The van der Waals surface area contributed by atoms with Crippen molar-refractivity contribution in [3.05, 3.63) is 27.7 Å². The maximum atomic E-state index is 12.5. The third kappa shape index (κ3) is 3.05. The zero-order valence-electron chi connectivity index (χ0n) is 11.3. The maximum Gasteiger partial charge on any atom is 0.252 e. The van der Waals surface area contributed by atoms with Gasteiger partial charge in [0.05, 0.1) is 3.79 Å². The van der Waals surface area contributed by atoms with Crippen LogP contribution in [0.25, 0.3) is 0 Å². The smallest absolute Gasteiger partial charge is 0.252 e. The average Bonchev–Trinajstić information content (AvgIpc) is 3.08. The van der Waals surface area contributed by atoms with Gasteiger partial charge in [-0.3, -0.25) is 0 Å². The van der Waals surface area contributed by atoms with Gasteiger partial charge in [0.15, 0.2) is 0 Å². The van der Waals surface area contributed by atoms with Crippen LogP contribution in [0.1, 0.15) is 30.5 Å². The molecule has 9 heteroatoms. The Labute approximate surface area is 135 Å². The van der Waals surface area contributed by atoms with Crippen molar-refractivity contribution in [1.82, 2.24) is 14.5 Å². The number of halogens is 1. The van der Waals surface area contributed by atoms with Crippen LogP contribution in [0.15, 0.2) is 24.5 Å². The molecule has 0 saturated carbocycles. The third-order valence-electron chi connectivity index (χ3n) is 3.49. The van der Waals surface area contributed by atoms with Gasteiger partial charge in [-0.1, -0.05) is 0 Å². The number of hydrogen-bond acceptors (Lipinski definition) is 6. The van der Waals surface area contributed by atoms with Gasteiger partial charge in [0.25, 0.3) is 10.0 Å². The summed E-state index contributed by atoms with van der Waals surface area (Å²) in [5.74, 6) is 1.31. The van der Waals surface area contributed by atoms with Crippen LogP contribution in [-0.4, -0.2) is 36.0 Å². The molecule has 2 aromatic heterocycles. The van der Waals surface area contributed by atoms with Crippen molar-refractivity contribution >= 4 is 37.3 Å². The second-order valence-electron chi connectivity index (χ2n) is 4.90. The highest BCUT2D eigenvalue weighted by Crippen LogP contribution is 2.33. The van der Waals surface area contributed by atoms with Crippen LogP contribution in [-0.2, 0) is 10.0 Å². The van der Waals surface area contributed by atoms with Crippen molar-refractivity contribution in [2.24, 2.45) is 0 Å². The van der Waals surface area contributed by atoms with E-state index in [0.29, 0.717) is 41.9 Å². The van der Waals surface area contributed by atoms with E-state index in [0.717, 1.165) is 3.79 Å². The SMILES string of the molecule is Cc1nnc(C2CCN(S(=O)(=O)c3ccc(Br)s3)CC2)o1. The van der Waals surface area contributed by atoms with E-state index in [9.17, 15) is 8.42 Å². The Hall–Kier alpha value is -0.770. The quantitative estimate of drug-likeness (QED) is 0.803. The molecule has 0 bridgehead atoms. The molecule has 114 valence electrons. The van der Waals surface area contributed by atoms with E-state index in [1.807, 2.05) is 0 Å². The molecule has 3 heterocycles. The molecule has 0 aromatic carbocycles. The summed E-state index contributed by atoms with van der Waals surface area (Å²) in [4.78, 5) is 0. The van der Waals surface area contributed by atoms with Gasteiger partial charge in [0, 0.05) is 25.9 Å². The molecule has 3 rings (SSSR count). The third-order valence-corrected chi connectivity index (χ3v) is 7.48. The number of sulfonamides is 1. The molecule has 1 saturated heterocycles. The Bertz CT molecular complexity index is 733. The average molecular weight is 392 g/mol. The summed E-state index contributed by atoms with van der Waals surface area (Å²) >= 11 is 4.53. The van der Waals surface area contributed by atoms with E-state index in [1.165, 1.54) is 15.6 Å². The summed E-state index contributed by atoms with van der Waals surface area (Å²) in [5.41, 5.74) is 0. The lowest BCUT2D eigenvalue weighted by Crippen LogP contribution is -2.37. The minimum absolute atomic E-state index is 0.146. The minimum Gasteiger partial charge on any atom is -0.425 e. The molecule has 0 atom stereocenters. The van der Waals surface area contributed by atoms with Crippen LogP contribution in [0.3, 0.4) is 0 Å². The van der Waals surface area contributed by atoms with E-state index in [2.05, 4.69) is 26.1 Å². The fraction of sp³-hybridized carbons (Fsp3) is 0.500. The van der Waals surface area contributed by atoms with Crippen molar-refractivity contribution in [3.8, 4) is 0 Å². The highest BCUT2D eigenvalue weighted by molar-refractivity contribution is 9.11. The first-order valence-electron chi connectivity index (χ1n) is 6.52. The molecule has 0 N–H and O–H groups in total. The number of nitrogens with zero attached hydrogens (tertiary/aromatic N) is 3. The maximum absolute atomic E-state index is 12.5. The molecule has 0 amide bonds. The molecular formula is C12H14BrN3O3S2. The summed E-state index contributed by atoms with van der Waals surface area (Å²) in [6.07, 6.45) is 1.40. The molecule has 0 radical (unpaired) electrons. The normalized spacial score (nSPS) is 18.2. The zero-order valence-corrected chi connectivity index (χ0v) is 14.5. The van der Waals surface area contributed by atoms with Crippen molar-refractivity contribution in [1.29, 1.82) is 0 Å². The number of hydrogen-bond donors (Lipinski definition) is 0. The van der Waals surface area contributed by atoms with Crippen LogP contribution in [0, 0.1) is 6.92 Å². The van der Waals surface area contributed by atoms with Gasteiger partial charge in [-0.05, 0) is 40.9 Å². The minimum atomic E-state index is -3.39. The lowest BCUT2D eigenvalue weighted by molar-refractivity contribution is 0.288. The Morgan fingerprint density at radius 3 is 2.57 bits per heavy atom. The van der Waals surface area contributed by atoms with E-state index < -0.39 is 10.0 Å². The topological polar surface area (TPSA) is 76.3 Å². The van der Waals surface area contributed by atoms with Gasteiger partial charge in [-0.2, -0.15) is 4.31 Å². The number of rotatable bonds is 3. The molecule has 0 aliphatic carbocycles. The monoisotopic (exact) mass is 391 g/mol. The molecule has 1 aliphatic rings. The summed E-state index contributed by atoms with van der Waals surface area (Å²) in [7, 11) is -3.39. The van der Waals surface area contributed by atoms with E-state index in [-0.39, 0.29) is 5.92 Å². The standard InChI is InChI=1S/C12H14BrN3O3S2/c1-8-14-15-12(19-8)9-4-6-16(7-5-9)21(17,18)11-3-2-10(13)20-11/h2-3,9H,4-7H2,1H3. The number of thiophene rings is 1. The molecule has 21 heavy (non-hydrogen) atoms. The van der Waals surface area contributed by atoms with Crippen molar-refractivity contribution < 1.29 is 12.8 Å². The molecule has 0 unspecified atom stereocenters. The lowest BCUT2D eigenvalue weighted by atomic mass is 9.98. The summed E-state index contributed by atoms with van der Waals surface area (Å²) < 4.78 is 33.2. The fourth-order valence-electron chi connectivity index (χ4n) is 2.38. The van der Waals surface area contributed by atoms with Gasteiger partial charge < -0.3 is 4.42 Å². The lowest BCUT2D eigenvalue weighted by Gasteiger charge is -2.29. The first-order valence-corrected chi connectivity index (χ1v) is 9.57. The predicted octanol–water partition coefficient (Wildman–Crippen LogP) is 2.77. The molecular weight excluding hydrogens is 378 g/mol.